The highest BCUT2D eigenvalue weighted by Gasteiger charge is 2.32. The van der Waals surface area contributed by atoms with E-state index in [4.69, 9.17) is 0 Å². The molecule has 160 valence electrons. The lowest BCUT2D eigenvalue weighted by Crippen LogP contribution is -2.26. The van der Waals surface area contributed by atoms with Gasteiger partial charge in [-0.25, -0.2) is 4.98 Å². The van der Waals surface area contributed by atoms with E-state index in [2.05, 4.69) is 4.98 Å². The molecule has 0 unspecified atom stereocenters. The van der Waals surface area contributed by atoms with E-state index in [1.54, 1.807) is 55.5 Å². The summed E-state index contributed by atoms with van der Waals surface area (Å²) in [4.78, 5) is 32.7. The summed E-state index contributed by atoms with van der Waals surface area (Å²) >= 11 is 0.925. The third-order valence-corrected chi connectivity index (χ3v) is 5.10. The van der Waals surface area contributed by atoms with Crippen molar-refractivity contribution in [3.05, 3.63) is 89.1 Å². The number of amides is 1. The van der Waals surface area contributed by atoms with Gasteiger partial charge in [0.1, 0.15) is 0 Å². The van der Waals surface area contributed by atoms with Gasteiger partial charge in [0, 0.05) is 31.9 Å². The number of hydrogen-bond acceptors (Lipinski definition) is 5. The van der Waals surface area contributed by atoms with Gasteiger partial charge < -0.3 is 4.90 Å². The molecule has 1 amide bonds. The van der Waals surface area contributed by atoms with Crippen LogP contribution in [0.15, 0.2) is 73.1 Å². The Morgan fingerprint density at radius 1 is 1.03 bits per heavy atom. The normalized spacial score (nSPS) is 11.5. The van der Waals surface area contributed by atoms with Crippen molar-refractivity contribution >= 4 is 33.8 Å². The first-order chi connectivity index (χ1) is 14.7. The van der Waals surface area contributed by atoms with E-state index in [1.807, 2.05) is 0 Å². The summed E-state index contributed by atoms with van der Waals surface area (Å²) in [7, 11) is 3.52. The molecular formula is C22H18F3N3O2S. The zero-order chi connectivity index (χ0) is 22.6. The average Bonchev–Trinajstić information content (AvgIpc) is 3.22. The lowest BCUT2D eigenvalue weighted by atomic mass is 10.1. The summed E-state index contributed by atoms with van der Waals surface area (Å²) in [5, 5.41) is 0.0924. The summed E-state index contributed by atoms with van der Waals surface area (Å²) in [6, 6.07) is 12.6. The molecule has 2 aromatic carbocycles. The summed E-state index contributed by atoms with van der Waals surface area (Å²) in [6.45, 7) is 0. The zero-order valence-electron chi connectivity index (χ0n) is 16.6. The number of aromatic nitrogens is 1. The summed E-state index contributed by atoms with van der Waals surface area (Å²) in [5.41, 5.74) is -0.617. The Balaban J connectivity index is 2.06. The van der Waals surface area contributed by atoms with Crippen LogP contribution < -0.4 is 4.90 Å². The standard InChI is InChI=1S/C22H18F3N3O2S/c1-27(2)12-11-18(29)19-14-26-21(31-19)28(20(30)15-7-4-3-5-8-15)17-10-6-9-16(13-17)22(23,24)25/h3-14H,1-2H3/b12-11+. The van der Waals surface area contributed by atoms with Crippen LogP contribution in [0.1, 0.15) is 25.6 Å². The molecule has 0 fully saturated rings. The van der Waals surface area contributed by atoms with Crippen LogP contribution in [0, 0.1) is 0 Å². The van der Waals surface area contributed by atoms with Crippen molar-refractivity contribution in [2.45, 2.75) is 6.18 Å². The van der Waals surface area contributed by atoms with E-state index in [0.717, 1.165) is 28.4 Å². The van der Waals surface area contributed by atoms with Gasteiger partial charge in [-0.2, -0.15) is 13.2 Å². The number of nitrogens with zero attached hydrogens (tertiary/aromatic N) is 3. The maximum atomic E-state index is 13.2. The van der Waals surface area contributed by atoms with Crippen molar-refractivity contribution in [1.29, 1.82) is 0 Å². The first kappa shape index (κ1) is 22.2. The molecule has 0 spiro atoms. The number of rotatable bonds is 6. The number of ketones is 1. The van der Waals surface area contributed by atoms with E-state index in [9.17, 15) is 22.8 Å². The predicted octanol–water partition coefficient (Wildman–Crippen LogP) is 5.40. The highest BCUT2D eigenvalue weighted by molar-refractivity contribution is 7.17. The fraction of sp³-hybridized carbons (Fsp3) is 0.136. The molecule has 0 saturated carbocycles. The quantitative estimate of drug-likeness (QED) is 0.377. The molecule has 9 heteroatoms. The molecule has 3 rings (SSSR count). The minimum Gasteiger partial charge on any atom is -0.383 e. The number of halogens is 3. The van der Waals surface area contributed by atoms with Crippen molar-refractivity contribution in [2.24, 2.45) is 0 Å². The molecule has 31 heavy (non-hydrogen) atoms. The van der Waals surface area contributed by atoms with Crippen LogP contribution in [-0.2, 0) is 6.18 Å². The summed E-state index contributed by atoms with van der Waals surface area (Å²) < 4.78 is 39.7. The highest BCUT2D eigenvalue weighted by Crippen LogP contribution is 2.36. The number of carbonyl (C=O) groups is 2. The number of alkyl halides is 3. The first-order valence-corrected chi connectivity index (χ1v) is 9.90. The maximum absolute atomic E-state index is 13.2. The number of anilines is 2. The Labute approximate surface area is 181 Å². The van der Waals surface area contributed by atoms with Gasteiger partial charge in [0.05, 0.1) is 22.3 Å². The molecule has 1 aromatic heterocycles. The monoisotopic (exact) mass is 445 g/mol. The van der Waals surface area contributed by atoms with Crippen LogP contribution in [0.2, 0.25) is 0 Å². The van der Waals surface area contributed by atoms with E-state index >= 15 is 0 Å². The molecule has 1 heterocycles. The number of thiazole rings is 1. The van der Waals surface area contributed by atoms with E-state index in [-0.39, 0.29) is 27.0 Å². The maximum Gasteiger partial charge on any atom is 0.416 e. The third-order valence-electron chi connectivity index (χ3n) is 4.11. The first-order valence-electron chi connectivity index (χ1n) is 9.08. The van der Waals surface area contributed by atoms with E-state index < -0.39 is 17.6 Å². The van der Waals surface area contributed by atoms with Gasteiger partial charge in [-0.1, -0.05) is 35.6 Å². The average molecular weight is 445 g/mol. The van der Waals surface area contributed by atoms with Crippen LogP contribution in [0.3, 0.4) is 0 Å². The molecule has 0 saturated heterocycles. The summed E-state index contributed by atoms with van der Waals surface area (Å²) in [6.07, 6.45) is -0.341. The lowest BCUT2D eigenvalue weighted by Gasteiger charge is -2.21. The molecule has 0 N–H and O–H groups in total. The van der Waals surface area contributed by atoms with Crippen LogP contribution >= 0.6 is 11.3 Å². The van der Waals surface area contributed by atoms with Crippen molar-refractivity contribution in [1.82, 2.24) is 9.88 Å². The molecule has 0 aliphatic heterocycles. The smallest absolute Gasteiger partial charge is 0.383 e. The predicted molar refractivity (Wildman–Crippen MR) is 114 cm³/mol. The zero-order valence-corrected chi connectivity index (χ0v) is 17.4. The molecule has 0 aliphatic rings. The van der Waals surface area contributed by atoms with Crippen molar-refractivity contribution in [3.8, 4) is 0 Å². The van der Waals surface area contributed by atoms with Gasteiger partial charge in [-0.15, -0.1) is 0 Å². The van der Waals surface area contributed by atoms with Crippen molar-refractivity contribution in [2.75, 3.05) is 19.0 Å². The molecule has 0 aliphatic carbocycles. The SMILES string of the molecule is CN(C)/C=C/C(=O)c1cnc(N(C(=O)c2ccccc2)c2cccc(C(F)(F)F)c2)s1. The second-order valence-corrected chi connectivity index (χ2v) is 7.71. The third kappa shape index (κ3) is 5.37. The van der Waals surface area contributed by atoms with Crippen LogP contribution in [0.25, 0.3) is 0 Å². The van der Waals surface area contributed by atoms with Crippen molar-refractivity contribution in [3.63, 3.8) is 0 Å². The number of hydrogen-bond donors (Lipinski definition) is 0. The largest absolute Gasteiger partial charge is 0.416 e. The van der Waals surface area contributed by atoms with Crippen molar-refractivity contribution < 1.29 is 22.8 Å². The second kappa shape index (κ2) is 9.13. The van der Waals surface area contributed by atoms with E-state index in [1.165, 1.54) is 24.4 Å². The number of benzene rings is 2. The summed E-state index contributed by atoms with van der Waals surface area (Å²) in [5.74, 6) is -0.884. The van der Waals surface area contributed by atoms with Gasteiger partial charge in [-0.3, -0.25) is 14.5 Å². The van der Waals surface area contributed by atoms with Gasteiger partial charge in [0.2, 0.25) is 0 Å². The van der Waals surface area contributed by atoms with Crippen LogP contribution in [-0.4, -0.2) is 35.7 Å². The molecule has 5 nitrogen and oxygen atoms in total. The molecule has 3 aromatic rings. The molecule has 0 atom stereocenters. The fourth-order valence-corrected chi connectivity index (χ4v) is 3.48. The Hall–Kier alpha value is -3.46. The Kier molecular flexibility index (Phi) is 6.55. The minimum atomic E-state index is -4.57. The van der Waals surface area contributed by atoms with Gasteiger partial charge in [0.25, 0.3) is 5.91 Å². The molecular weight excluding hydrogens is 427 g/mol. The Bertz CT molecular complexity index is 1110. The highest BCUT2D eigenvalue weighted by atomic mass is 32.1. The number of carbonyl (C=O) groups excluding carboxylic acids is 2. The molecule has 0 bridgehead atoms. The van der Waals surface area contributed by atoms with E-state index in [0.29, 0.717) is 0 Å². The minimum absolute atomic E-state index is 0.000797. The second-order valence-electron chi connectivity index (χ2n) is 6.71. The molecule has 0 radical (unpaired) electrons. The van der Waals surface area contributed by atoms with Gasteiger partial charge >= 0.3 is 6.18 Å². The fourth-order valence-electron chi connectivity index (χ4n) is 2.63. The van der Waals surface area contributed by atoms with Gasteiger partial charge in [0.15, 0.2) is 10.9 Å². The van der Waals surface area contributed by atoms with Crippen LogP contribution in [0.5, 0.6) is 0 Å². The Morgan fingerprint density at radius 2 is 1.74 bits per heavy atom. The lowest BCUT2D eigenvalue weighted by molar-refractivity contribution is -0.137. The van der Waals surface area contributed by atoms with Gasteiger partial charge in [-0.05, 0) is 30.3 Å². The topological polar surface area (TPSA) is 53.5 Å². The van der Waals surface area contributed by atoms with Crippen LogP contribution in [0.4, 0.5) is 24.0 Å². The Morgan fingerprint density at radius 3 is 2.39 bits per heavy atom. The number of allylic oxidation sites excluding steroid dienone is 1.